The van der Waals surface area contributed by atoms with E-state index in [1.54, 1.807) is 0 Å². The number of rotatable bonds is 6. The molecule has 10 heteroatoms. The van der Waals surface area contributed by atoms with Crippen LogP contribution in [0.3, 0.4) is 0 Å². The molecule has 2 aromatic rings. The van der Waals surface area contributed by atoms with Crippen LogP contribution >= 0.6 is 0 Å². The first-order valence-electron chi connectivity index (χ1n) is 6.82. The zero-order valence-corrected chi connectivity index (χ0v) is 12.9. The van der Waals surface area contributed by atoms with E-state index in [9.17, 15) is 25.0 Å². The number of non-ortho nitro benzene ring substituents is 1. The van der Waals surface area contributed by atoms with Gasteiger partial charge >= 0.3 is 5.69 Å². The minimum absolute atomic E-state index is 0.0621. The fourth-order valence-electron chi connectivity index (χ4n) is 1.92. The highest BCUT2D eigenvalue weighted by atomic mass is 16.6. The van der Waals surface area contributed by atoms with Crippen LogP contribution in [0.5, 0.6) is 5.75 Å². The number of nitrogens with one attached hydrogen (secondary N) is 1. The number of carbonyl (C=O) groups excluding carboxylic acids is 1. The molecule has 1 amide bonds. The Morgan fingerprint density at radius 2 is 1.92 bits per heavy atom. The molecule has 0 atom stereocenters. The summed E-state index contributed by atoms with van der Waals surface area (Å²) >= 11 is 0. The van der Waals surface area contributed by atoms with Gasteiger partial charge in [0.05, 0.1) is 23.2 Å². The van der Waals surface area contributed by atoms with Crippen LogP contribution in [0.2, 0.25) is 0 Å². The highest BCUT2D eigenvalue weighted by Gasteiger charge is 2.14. The Morgan fingerprint density at radius 1 is 1.16 bits per heavy atom. The first-order valence-corrected chi connectivity index (χ1v) is 6.82. The van der Waals surface area contributed by atoms with Gasteiger partial charge in [0.1, 0.15) is 0 Å². The number of hydrazone groups is 1. The van der Waals surface area contributed by atoms with Gasteiger partial charge in [0.25, 0.3) is 11.6 Å². The van der Waals surface area contributed by atoms with Crippen molar-refractivity contribution in [2.45, 2.75) is 0 Å². The molecule has 128 valence electrons. The number of hydrogen-bond donors (Lipinski definition) is 1. The molecule has 0 saturated heterocycles. The van der Waals surface area contributed by atoms with Crippen molar-refractivity contribution in [3.8, 4) is 5.75 Å². The van der Waals surface area contributed by atoms with Gasteiger partial charge in [-0.15, -0.1) is 0 Å². The van der Waals surface area contributed by atoms with Crippen molar-refractivity contribution in [2.75, 3.05) is 7.11 Å². The lowest BCUT2D eigenvalue weighted by molar-refractivity contribution is -0.385. The molecule has 0 aliphatic heterocycles. The molecule has 0 unspecified atom stereocenters. The fourth-order valence-corrected chi connectivity index (χ4v) is 1.92. The molecule has 0 aliphatic rings. The molecule has 0 saturated carbocycles. The first kappa shape index (κ1) is 17.5. The van der Waals surface area contributed by atoms with Crippen LogP contribution in [0, 0.1) is 20.2 Å². The number of hydrogen-bond acceptors (Lipinski definition) is 7. The summed E-state index contributed by atoms with van der Waals surface area (Å²) in [4.78, 5) is 32.3. The van der Waals surface area contributed by atoms with E-state index in [0.29, 0.717) is 5.56 Å². The SMILES string of the molecule is COc1ccc(/C=N/NC(=O)c2cccc([N+](=O)[O-])c2)cc1[N+](=O)[O-]. The minimum Gasteiger partial charge on any atom is -0.490 e. The van der Waals surface area contributed by atoms with E-state index in [4.69, 9.17) is 4.74 Å². The predicted molar refractivity (Wildman–Crippen MR) is 87.8 cm³/mol. The number of ether oxygens (including phenoxy) is 1. The van der Waals surface area contributed by atoms with Gasteiger partial charge in [-0.25, -0.2) is 5.43 Å². The van der Waals surface area contributed by atoms with Crippen LogP contribution in [0.25, 0.3) is 0 Å². The Bertz CT molecular complexity index is 865. The Kier molecular flexibility index (Phi) is 5.36. The summed E-state index contributed by atoms with van der Waals surface area (Å²) in [6.45, 7) is 0. The van der Waals surface area contributed by atoms with Crippen molar-refractivity contribution in [3.63, 3.8) is 0 Å². The van der Waals surface area contributed by atoms with Gasteiger partial charge in [-0.3, -0.25) is 25.0 Å². The maximum absolute atomic E-state index is 11.9. The van der Waals surface area contributed by atoms with Gasteiger partial charge in [0, 0.05) is 29.3 Å². The van der Waals surface area contributed by atoms with Crippen molar-refractivity contribution in [1.29, 1.82) is 0 Å². The number of nitro benzene ring substituents is 2. The van der Waals surface area contributed by atoms with Crippen molar-refractivity contribution < 1.29 is 19.4 Å². The van der Waals surface area contributed by atoms with Gasteiger partial charge in [-0.2, -0.15) is 5.10 Å². The van der Waals surface area contributed by atoms with Gasteiger partial charge in [0.15, 0.2) is 5.75 Å². The Labute approximate surface area is 141 Å². The van der Waals surface area contributed by atoms with Crippen LogP contribution in [0.1, 0.15) is 15.9 Å². The molecule has 0 bridgehead atoms. The van der Waals surface area contributed by atoms with Gasteiger partial charge in [0.2, 0.25) is 0 Å². The lowest BCUT2D eigenvalue weighted by atomic mass is 10.2. The standard InChI is InChI=1S/C15H12N4O6/c1-25-14-6-5-10(7-13(14)19(23)24)9-16-17-15(20)11-3-2-4-12(8-11)18(21)22/h2-9H,1H3,(H,17,20)/b16-9+. The summed E-state index contributed by atoms with van der Waals surface area (Å²) in [6.07, 6.45) is 1.21. The fraction of sp³-hybridized carbons (Fsp3) is 0.0667. The van der Waals surface area contributed by atoms with Crippen molar-refractivity contribution in [1.82, 2.24) is 5.43 Å². The van der Waals surface area contributed by atoms with E-state index in [2.05, 4.69) is 10.5 Å². The van der Waals surface area contributed by atoms with E-state index in [0.717, 1.165) is 6.07 Å². The maximum Gasteiger partial charge on any atom is 0.311 e. The summed E-state index contributed by atoms with van der Waals surface area (Å²) in [5, 5.41) is 25.3. The molecule has 2 rings (SSSR count). The molecular weight excluding hydrogens is 332 g/mol. The zero-order chi connectivity index (χ0) is 18.4. The second-order valence-electron chi connectivity index (χ2n) is 4.69. The monoisotopic (exact) mass is 344 g/mol. The second-order valence-corrected chi connectivity index (χ2v) is 4.69. The van der Waals surface area contributed by atoms with E-state index in [-0.39, 0.29) is 22.7 Å². The number of benzene rings is 2. The quantitative estimate of drug-likeness (QED) is 0.485. The van der Waals surface area contributed by atoms with Crippen LogP contribution < -0.4 is 10.2 Å². The molecule has 1 N–H and O–H groups in total. The highest BCUT2D eigenvalue weighted by molar-refractivity contribution is 5.95. The van der Waals surface area contributed by atoms with Crippen LogP contribution in [-0.2, 0) is 0 Å². The molecule has 0 fully saturated rings. The zero-order valence-electron chi connectivity index (χ0n) is 12.9. The highest BCUT2D eigenvalue weighted by Crippen LogP contribution is 2.26. The molecule has 0 aromatic heterocycles. The smallest absolute Gasteiger partial charge is 0.311 e. The maximum atomic E-state index is 11.9. The molecule has 0 aliphatic carbocycles. The third-order valence-electron chi connectivity index (χ3n) is 3.10. The van der Waals surface area contributed by atoms with Crippen LogP contribution in [0.4, 0.5) is 11.4 Å². The first-order chi connectivity index (χ1) is 11.9. The van der Waals surface area contributed by atoms with E-state index in [1.165, 1.54) is 49.7 Å². The average Bonchev–Trinajstić information content (AvgIpc) is 2.61. The van der Waals surface area contributed by atoms with Gasteiger partial charge in [-0.05, 0) is 18.2 Å². The second kappa shape index (κ2) is 7.64. The van der Waals surface area contributed by atoms with E-state index in [1.807, 2.05) is 0 Å². The van der Waals surface area contributed by atoms with Crippen LogP contribution in [0.15, 0.2) is 47.6 Å². The van der Waals surface area contributed by atoms with Gasteiger partial charge < -0.3 is 4.74 Å². The molecule has 2 aromatic carbocycles. The average molecular weight is 344 g/mol. The molecule has 25 heavy (non-hydrogen) atoms. The van der Waals surface area contributed by atoms with Crippen molar-refractivity contribution in [3.05, 3.63) is 73.8 Å². The van der Waals surface area contributed by atoms with Crippen molar-refractivity contribution in [2.24, 2.45) is 5.10 Å². The van der Waals surface area contributed by atoms with E-state index >= 15 is 0 Å². The van der Waals surface area contributed by atoms with E-state index < -0.39 is 15.8 Å². The molecule has 0 radical (unpaired) electrons. The van der Waals surface area contributed by atoms with Crippen LogP contribution in [-0.4, -0.2) is 29.1 Å². The number of amides is 1. The topological polar surface area (TPSA) is 137 Å². The lowest BCUT2D eigenvalue weighted by Gasteiger charge is -2.02. The summed E-state index contributed by atoms with van der Waals surface area (Å²) in [6, 6.07) is 9.32. The Morgan fingerprint density at radius 3 is 2.56 bits per heavy atom. The van der Waals surface area contributed by atoms with Crippen molar-refractivity contribution >= 4 is 23.5 Å². The summed E-state index contributed by atoms with van der Waals surface area (Å²) in [5.41, 5.74) is 2.17. The number of nitro groups is 2. The third kappa shape index (κ3) is 4.34. The predicted octanol–water partition coefficient (Wildman–Crippen LogP) is 2.28. The lowest BCUT2D eigenvalue weighted by Crippen LogP contribution is -2.17. The Hall–Kier alpha value is -3.82. The number of nitrogens with zero attached hydrogens (tertiary/aromatic N) is 3. The number of carbonyl (C=O) groups is 1. The molecular formula is C15H12N4O6. The summed E-state index contributed by atoms with van der Waals surface area (Å²) < 4.78 is 4.88. The largest absolute Gasteiger partial charge is 0.490 e. The summed E-state index contributed by atoms with van der Waals surface area (Å²) in [7, 11) is 1.31. The Balaban J connectivity index is 2.11. The molecule has 10 nitrogen and oxygen atoms in total. The minimum atomic E-state index is -0.650. The molecule has 0 spiro atoms. The third-order valence-corrected chi connectivity index (χ3v) is 3.10. The molecule has 0 heterocycles. The van der Waals surface area contributed by atoms with Gasteiger partial charge in [-0.1, -0.05) is 6.07 Å². The number of methoxy groups -OCH3 is 1. The summed E-state index contributed by atoms with van der Waals surface area (Å²) in [5.74, 6) is -0.550. The normalized spacial score (nSPS) is 10.4.